The number of nitrogens with zero attached hydrogens (tertiary/aromatic N) is 3. The highest BCUT2D eigenvalue weighted by Gasteiger charge is 2.21. The topological polar surface area (TPSA) is 51.8 Å². The summed E-state index contributed by atoms with van der Waals surface area (Å²) in [7, 11) is 0. The van der Waals surface area contributed by atoms with Crippen molar-refractivity contribution >= 4 is 85.8 Å². The van der Waals surface area contributed by atoms with Crippen molar-refractivity contribution < 1.29 is 16.8 Å². The summed E-state index contributed by atoms with van der Waals surface area (Å²) < 4.78 is 87.8. The summed E-state index contributed by atoms with van der Waals surface area (Å²) in [5, 5.41) is 7.32. The third-order valence-electron chi connectivity index (χ3n) is 10.4. The van der Waals surface area contributed by atoms with E-state index in [0.29, 0.717) is 33.1 Å². The predicted molar refractivity (Wildman–Crippen MR) is 234 cm³/mol. The number of hydrogen-bond donors (Lipinski definition) is 0. The first-order valence-corrected chi connectivity index (χ1v) is 18.8. The first kappa shape index (κ1) is 23.5. The standard InChI is InChI=1S/C51H29N3OS/c1-2-12-31-27-33(24-23-30(31)11-1)49-52-50(34-25-26-39-38-17-7-8-22-45(38)56-46(39)29-34)54-51(53-49)42-20-10-21-44-47(42)41-19-9-18-40(48(41)55-44)43-28-32-13-3-4-14-35(32)36-15-5-6-16-37(36)43/h1-29H/i7D,8D,9D,17D,20D,22D,25D,26D,29D. The molecule has 4 nitrogen and oxygen atoms in total. The normalized spacial score (nSPS) is 14.2. The molecule has 5 heteroatoms. The van der Waals surface area contributed by atoms with Crippen LogP contribution in [-0.2, 0) is 0 Å². The summed E-state index contributed by atoms with van der Waals surface area (Å²) in [6.07, 6.45) is 0. The van der Waals surface area contributed by atoms with E-state index in [9.17, 15) is 5.48 Å². The van der Waals surface area contributed by atoms with E-state index in [4.69, 9.17) is 26.2 Å². The first-order valence-electron chi connectivity index (χ1n) is 22.5. The van der Waals surface area contributed by atoms with E-state index in [-0.39, 0.29) is 85.0 Å². The Morgan fingerprint density at radius 1 is 0.446 bits per heavy atom. The van der Waals surface area contributed by atoms with E-state index in [2.05, 4.69) is 30.3 Å². The van der Waals surface area contributed by atoms with Crippen molar-refractivity contribution in [2.45, 2.75) is 0 Å². The summed E-state index contributed by atoms with van der Waals surface area (Å²) in [5.74, 6) is 0.131. The van der Waals surface area contributed by atoms with Gasteiger partial charge in [0.05, 0.1) is 12.3 Å². The Kier molecular flexibility index (Phi) is 5.11. The molecule has 0 radical (unpaired) electrons. The number of hydrogen-bond acceptors (Lipinski definition) is 5. The van der Waals surface area contributed by atoms with Crippen molar-refractivity contribution in [3.8, 4) is 45.3 Å². The maximum absolute atomic E-state index is 9.56. The number of para-hydroxylation sites is 1. The molecule has 0 atom stereocenters. The largest absolute Gasteiger partial charge is 0.455 e. The van der Waals surface area contributed by atoms with Crippen LogP contribution in [0.25, 0.3) is 120 Å². The van der Waals surface area contributed by atoms with Gasteiger partial charge >= 0.3 is 0 Å². The fourth-order valence-corrected chi connectivity index (χ4v) is 8.81. The van der Waals surface area contributed by atoms with Crippen LogP contribution in [0.3, 0.4) is 0 Å². The molecule has 0 saturated carbocycles. The molecular formula is C51H29N3OS. The fraction of sp³-hybridized carbons (Fsp3) is 0. The van der Waals surface area contributed by atoms with E-state index in [1.165, 1.54) is 0 Å². The van der Waals surface area contributed by atoms with Gasteiger partial charge in [-0.25, -0.2) is 15.0 Å². The summed E-state index contributed by atoms with van der Waals surface area (Å²) >= 11 is 0.962. The zero-order valence-electron chi connectivity index (χ0n) is 38.2. The van der Waals surface area contributed by atoms with Crippen molar-refractivity contribution in [2.24, 2.45) is 0 Å². The average Bonchev–Trinajstić information content (AvgIpc) is 3.91. The number of furan rings is 1. The fourth-order valence-electron chi connectivity index (χ4n) is 7.84. The van der Waals surface area contributed by atoms with Crippen LogP contribution in [0.5, 0.6) is 0 Å². The summed E-state index contributed by atoms with van der Waals surface area (Å²) in [5.41, 5.74) is 3.31. The second-order valence-electron chi connectivity index (χ2n) is 13.6. The lowest BCUT2D eigenvalue weighted by Gasteiger charge is -2.11. The number of aromatic nitrogens is 3. The Morgan fingerprint density at radius 3 is 2.11 bits per heavy atom. The molecule has 3 aromatic heterocycles. The van der Waals surface area contributed by atoms with E-state index < -0.39 is 18.1 Å². The molecule has 0 fully saturated rings. The SMILES string of the molecule is [2H]c1cc(-c2cc3ccccc3c3ccccc23)c2oc3ccc([2H])c(-c4nc(-c5ccc6ccccc6c5)nc(-c5c([2H])c([2H])c6c(sc7c([2H])c([2H])c([2H])c([2H])c76)c5[2H])n4)c3c2c1. The van der Waals surface area contributed by atoms with Crippen molar-refractivity contribution in [3.05, 3.63) is 176 Å². The summed E-state index contributed by atoms with van der Waals surface area (Å²) in [6.45, 7) is 0. The van der Waals surface area contributed by atoms with Gasteiger partial charge in [-0.2, -0.15) is 0 Å². The second kappa shape index (κ2) is 12.2. The Balaban J connectivity index is 1.16. The molecule has 0 N–H and O–H groups in total. The molecule has 0 aliphatic carbocycles. The minimum atomic E-state index is -0.465. The van der Waals surface area contributed by atoms with Crippen molar-refractivity contribution in [1.29, 1.82) is 0 Å². The van der Waals surface area contributed by atoms with Crippen LogP contribution in [0.2, 0.25) is 0 Å². The quantitative estimate of drug-likeness (QED) is 0.169. The van der Waals surface area contributed by atoms with Crippen molar-refractivity contribution in [3.63, 3.8) is 0 Å². The van der Waals surface area contributed by atoms with Gasteiger partial charge in [0.25, 0.3) is 0 Å². The third-order valence-corrected chi connectivity index (χ3v) is 11.4. The molecule has 0 aliphatic rings. The average molecular weight is 741 g/mol. The van der Waals surface area contributed by atoms with Crippen molar-refractivity contribution in [2.75, 3.05) is 0 Å². The minimum absolute atomic E-state index is 0.0471. The van der Waals surface area contributed by atoms with E-state index in [1.807, 2.05) is 66.7 Å². The smallest absolute Gasteiger partial charge is 0.164 e. The highest BCUT2D eigenvalue weighted by molar-refractivity contribution is 7.25. The third kappa shape index (κ3) is 4.81. The van der Waals surface area contributed by atoms with Gasteiger partial charge in [0.15, 0.2) is 17.5 Å². The van der Waals surface area contributed by atoms with Crippen LogP contribution in [-0.4, -0.2) is 15.0 Å². The number of benzene rings is 9. The lowest BCUT2D eigenvalue weighted by atomic mass is 9.92. The number of thiophene rings is 1. The lowest BCUT2D eigenvalue weighted by Crippen LogP contribution is -2.00. The molecule has 0 bridgehead atoms. The predicted octanol–water partition coefficient (Wildman–Crippen LogP) is 14.3. The molecule has 12 aromatic rings. The maximum atomic E-state index is 9.56. The number of rotatable bonds is 4. The van der Waals surface area contributed by atoms with Gasteiger partial charge in [-0.1, -0.05) is 145 Å². The zero-order chi connectivity index (χ0) is 44.6. The Hall–Kier alpha value is -7.21. The van der Waals surface area contributed by atoms with Gasteiger partial charge in [-0.15, -0.1) is 11.3 Å². The van der Waals surface area contributed by atoms with Crippen LogP contribution in [0.15, 0.2) is 180 Å². The molecule has 12 rings (SSSR count). The highest BCUT2D eigenvalue weighted by atomic mass is 32.1. The Bertz CT molecular complexity index is 4090. The molecule has 0 saturated heterocycles. The van der Waals surface area contributed by atoms with Gasteiger partial charge in [0.1, 0.15) is 11.2 Å². The van der Waals surface area contributed by atoms with E-state index in [0.717, 1.165) is 49.2 Å². The second-order valence-corrected chi connectivity index (χ2v) is 14.6. The van der Waals surface area contributed by atoms with Gasteiger partial charge in [0.2, 0.25) is 0 Å². The molecule has 56 heavy (non-hydrogen) atoms. The van der Waals surface area contributed by atoms with Gasteiger partial charge in [-0.3, -0.25) is 0 Å². The summed E-state index contributed by atoms with van der Waals surface area (Å²) in [4.78, 5) is 14.8. The lowest BCUT2D eigenvalue weighted by molar-refractivity contribution is 0.670. The first-order chi connectivity index (χ1) is 31.5. The molecule has 3 heterocycles. The molecule has 0 aliphatic heterocycles. The Morgan fingerprint density at radius 2 is 1.20 bits per heavy atom. The number of fused-ring (bicyclic) bond motifs is 10. The van der Waals surface area contributed by atoms with Crippen molar-refractivity contribution in [1.82, 2.24) is 15.0 Å². The van der Waals surface area contributed by atoms with Crippen LogP contribution < -0.4 is 0 Å². The van der Waals surface area contributed by atoms with Crippen LogP contribution >= 0.6 is 11.3 Å². The zero-order valence-corrected chi connectivity index (χ0v) is 30.0. The minimum Gasteiger partial charge on any atom is -0.455 e. The van der Waals surface area contributed by atoms with Crippen LogP contribution in [0, 0.1) is 0 Å². The monoisotopic (exact) mass is 740 g/mol. The highest BCUT2D eigenvalue weighted by Crippen LogP contribution is 2.43. The Labute approximate surface area is 337 Å². The van der Waals surface area contributed by atoms with Gasteiger partial charge in [-0.05, 0) is 68.2 Å². The van der Waals surface area contributed by atoms with E-state index >= 15 is 0 Å². The molecule has 9 aromatic carbocycles. The van der Waals surface area contributed by atoms with Crippen LogP contribution in [0.1, 0.15) is 12.3 Å². The van der Waals surface area contributed by atoms with Gasteiger partial charge < -0.3 is 4.42 Å². The maximum Gasteiger partial charge on any atom is 0.164 e. The van der Waals surface area contributed by atoms with Crippen LogP contribution in [0.4, 0.5) is 0 Å². The van der Waals surface area contributed by atoms with E-state index in [1.54, 1.807) is 24.3 Å². The summed E-state index contributed by atoms with van der Waals surface area (Å²) in [6, 6.07) is 36.6. The molecule has 0 unspecified atom stereocenters. The van der Waals surface area contributed by atoms with Gasteiger partial charge in [0, 0.05) is 53.2 Å². The molecule has 0 spiro atoms. The molecular weight excluding hydrogens is 703 g/mol. The molecule has 260 valence electrons. The molecule has 0 amide bonds.